The number of carbonyl (C=O) groups excluding carboxylic acids is 2. The predicted molar refractivity (Wildman–Crippen MR) is 111 cm³/mol. The molecule has 3 aliphatic rings. The van der Waals surface area contributed by atoms with Gasteiger partial charge in [0.25, 0.3) is 0 Å². The van der Waals surface area contributed by atoms with E-state index in [0.29, 0.717) is 18.9 Å². The number of nitrogens with one attached hydrogen (secondary N) is 1. The van der Waals surface area contributed by atoms with E-state index in [1.807, 2.05) is 4.90 Å². The predicted octanol–water partition coefficient (Wildman–Crippen LogP) is 1.72. The number of anilines is 1. The fraction of sp³-hybridized carbons (Fsp3) is 0.682. The lowest BCUT2D eigenvalue weighted by Crippen LogP contribution is -2.55. The Morgan fingerprint density at radius 2 is 2.03 bits per heavy atom. The second-order valence-electron chi connectivity index (χ2n) is 8.60. The Kier molecular flexibility index (Phi) is 6.33. The number of carbonyl (C=O) groups is 2. The van der Waals surface area contributed by atoms with Crippen LogP contribution in [0, 0.1) is 11.8 Å². The van der Waals surface area contributed by atoms with Crippen molar-refractivity contribution in [2.75, 3.05) is 51.7 Å². The summed E-state index contributed by atoms with van der Waals surface area (Å²) in [5.74, 6) is 1.87. The molecular weight excluding hydrogens is 368 g/mol. The van der Waals surface area contributed by atoms with Gasteiger partial charge in [0, 0.05) is 45.0 Å². The van der Waals surface area contributed by atoms with Gasteiger partial charge in [0.05, 0.1) is 19.4 Å². The SMILES string of the molecule is COC(=O)CCN1CC(C(=O)N2CCC(Cc3ccc4c(n3)NCCC4)CC2)C1. The highest BCUT2D eigenvalue weighted by atomic mass is 16.5. The third-order valence-electron chi connectivity index (χ3n) is 6.54. The van der Waals surface area contributed by atoms with Gasteiger partial charge >= 0.3 is 5.97 Å². The molecule has 0 saturated carbocycles. The zero-order valence-electron chi connectivity index (χ0n) is 17.4. The molecule has 0 bridgehead atoms. The Morgan fingerprint density at radius 3 is 2.79 bits per heavy atom. The maximum absolute atomic E-state index is 12.7. The van der Waals surface area contributed by atoms with Crippen LogP contribution in [0.25, 0.3) is 0 Å². The number of likely N-dealkylation sites (tertiary alicyclic amines) is 2. The lowest BCUT2D eigenvalue weighted by molar-refractivity contribution is -0.144. The lowest BCUT2D eigenvalue weighted by Gasteiger charge is -2.42. The van der Waals surface area contributed by atoms with Gasteiger partial charge in [0.2, 0.25) is 5.91 Å². The highest BCUT2D eigenvalue weighted by molar-refractivity contribution is 5.80. The third-order valence-corrected chi connectivity index (χ3v) is 6.54. The number of methoxy groups -OCH3 is 1. The molecule has 2 saturated heterocycles. The van der Waals surface area contributed by atoms with Crippen molar-refractivity contribution in [1.82, 2.24) is 14.8 Å². The molecule has 4 rings (SSSR count). The lowest BCUT2D eigenvalue weighted by atomic mass is 9.90. The second kappa shape index (κ2) is 9.11. The monoisotopic (exact) mass is 400 g/mol. The molecule has 1 amide bonds. The van der Waals surface area contributed by atoms with Crippen molar-refractivity contribution in [2.24, 2.45) is 11.8 Å². The summed E-state index contributed by atoms with van der Waals surface area (Å²) in [5.41, 5.74) is 2.50. The van der Waals surface area contributed by atoms with E-state index in [9.17, 15) is 9.59 Å². The molecule has 7 nitrogen and oxygen atoms in total. The average molecular weight is 401 g/mol. The van der Waals surface area contributed by atoms with Crippen LogP contribution in [0.5, 0.6) is 0 Å². The molecule has 1 N–H and O–H groups in total. The van der Waals surface area contributed by atoms with Gasteiger partial charge in [-0.15, -0.1) is 0 Å². The second-order valence-corrected chi connectivity index (χ2v) is 8.60. The van der Waals surface area contributed by atoms with E-state index in [-0.39, 0.29) is 17.8 Å². The zero-order chi connectivity index (χ0) is 20.2. The number of aromatic nitrogens is 1. The van der Waals surface area contributed by atoms with Gasteiger partial charge in [-0.2, -0.15) is 0 Å². The number of hydrogen-bond donors (Lipinski definition) is 1. The van der Waals surface area contributed by atoms with E-state index in [2.05, 4.69) is 27.1 Å². The van der Waals surface area contributed by atoms with Crippen LogP contribution in [0.2, 0.25) is 0 Å². The van der Waals surface area contributed by atoms with Gasteiger partial charge in [-0.3, -0.25) is 9.59 Å². The quantitative estimate of drug-likeness (QED) is 0.733. The first-order valence-electron chi connectivity index (χ1n) is 10.9. The highest BCUT2D eigenvalue weighted by Crippen LogP contribution is 2.26. The first-order chi connectivity index (χ1) is 14.1. The molecule has 0 atom stereocenters. The summed E-state index contributed by atoms with van der Waals surface area (Å²) in [7, 11) is 1.41. The largest absolute Gasteiger partial charge is 0.469 e. The summed E-state index contributed by atoms with van der Waals surface area (Å²) in [6.45, 7) is 4.94. The minimum atomic E-state index is -0.189. The smallest absolute Gasteiger partial charge is 0.306 e. The molecule has 4 heterocycles. The van der Waals surface area contributed by atoms with Crippen LogP contribution in [-0.2, 0) is 27.2 Å². The Balaban J connectivity index is 1.19. The summed E-state index contributed by atoms with van der Waals surface area (Å²) in [6, 6.07) is 4.41. The first kappa shape index (κ1) is 20.1. The molecule has 1 aromatic rings. The van der Waals surface area contributed by atoms with Crippen molar-refractivity contribution in [1.29, 1.82) is 0 Å². The number of pyridine rings is 1. The fourth-order valence-electron chi connectivity index (χ4n) is 4.65. The molecule has 3 aliphatic heterocycles. The van der Waals surface area contributed by atoms with Crippen LogP contribution < -0.4 is 5.32 Å². The van der Waals surface area contributed by atoms with E-state index in [1.165, 1.54) is 24.8 Å². The molecule has 0 spiro atoms. The summed E-state index contributed by atoms with van der Waals surface area (Å²) in [6.07, 6.45) is 5.81. The maximum Gasteiger partial charge on any atom is 0.306 e. The fourth-order valence-corrected chi connectivity index (χ4v) is 4.65. The van der Waals surface area contributed by atoms with Gasteiger partial charge in [-0.25, -0.2) is 4.98 Å². The number of ether oxygens (including phenoxy) is 1. The van der Waals surface area contributed by atoms with Gasteiger partial charge < -0.3 is 19.9 Å². The summed E-state index contributed by atoms with van der Waals surface area (Å²) >= 11 is 0. The number of amides is 1. The number of rotatable bonds is 6. The van der Waals surface area contributed by atoms with Gasteiger partial charge in [0.1, 0.15) is 5.82 Å². The number of hydrogen-bond acceptors (Lipinski definition) is 6. The summed E-state index contributed by atoms with van der Waals surface area (Å²) in [4.78, 5) is 33.0. The summed E-state index contributed by atoms with van der Waals surface area (Å²) < 4.78 is 4.67. The van der Waals surface area contributed by atoms with Crippen LogP contribution >= 0.6 is 0 Å². The molecule has 0 aliphatic carbocycles. The van der Waals surface area contributed by atoms with Gasteiger partial charge in [0.15, 0.2) is 0 Å². The van der Waals surface area contributed by atoms with E-state index in [0.717, 1.165) is 64.2 Å². The molecule has 29 heavy (non-hydrogen) atoms. The number of piperidine rings is 1. The number of esters is 1. The average Bonchev–Trinajstić information content (AvgIpc) is 2.72. The Labute approximate surface area is 172 Å². The van der Waals surface area contributed by atoms with Crippen molar-refractivity contribution < 1.29 is 14.3 Å². The highest BCUT2D eigenvalue weighted by Gasteiger charge is 2.36. The topological polar surface area (TPSA) is 74.8 Å². The van der Waals surface area contributed by atoms with E-state index in [4.69, 9.17) is 4.98 Å². The van der Waals surface area contributed by atoms with Crippen molar-refractivity contribution in [2.45, 2.75) is 38.5 Å². The normalized spacial score (nSPS) is 20.5. The van der Waals surface area contributed by atoms with Crippen molar-refractivity contribution in [3.63, 3.8) is 0 Å². The minimum absolute atomic E-state index is 0.0950. The molecule has 1 aromatic heterocycles. The third kappa shape index (κ3) is 4.89. The van der Waals surface area contributed by atoms with E-state index < -0.39 is 0 Å². The Hall–Kier alpha value is -2.15. The van der Waals surface area contributed by atoms with Crippen LogP contribution in [0.1, 0.15) is 36.9 Å². The number of nitrogens with zero attached hydrogens (tertiary/aromatic N) is 3. The Morgan fingerprint density at radius 1 is 1.24 bits per heavy atom. The molecule has 0 unspecified atom stereocenters. The van der Waals surface area contributed by atoms with E-state index >= 15 is 0 Å². The molecule has 0 aromatic carbocycles. The van der Waals surface area contributed by atoms with Crippen LogP contribution in [-0.4, -0.2) is 73.0 Å². The first-order valence-corrected chi connectivity index (χ1v) is 10.9. The molecule has 2 fully saturated rings. The van der Waals surface area contributed by atoms with Gasteiger partial charge in [-0.1, -0.05) is 6.07 Å². The maximum atomic E-state index is 12.7. The van der Waals surface area contributed by atoms with Crippen LogP contribution in [0.4, 0.5) is 5.82 Å². The Bertz CT molecular complexity index is 740. The van der Waals surface area contributed by atoms with Gasteiger partial charge in [-0.05, 0) is 49.7 Å². The zero-order valence-corrected chi connectivity index (χ0v) is 17.4. The molecule has 7 heteroatoms. The summed E-state index contributed by atoms with van der Waals surface area (Å²) in [5, 5.41) is 3.42. The van der Waals surface area contributed by atoms with E-state index in [1.54, 1.807) is 0 Å². The molecule has 0 radical (unpaired) electrons. The minimum Gasteiger partial charge on any atom is -0.469 e. The van der Waals surface area contributed by atoms with Crippen LogP contribution in [0.15, 0.2) is 12.1 Å². The molecular formula is C22H32N4O3. The number of aryl methyl sites for hydroxylation is 1. The van der Waals surface area contributed by atoms with Crippen molar-refractivity contribution >= 4 is 17.7 Å². The number of fused-ring (bicyclic) bond motifs is 1. The van der Waals surface area contributed by atoms with Crippen molar-refractivity contribution in [3.05, 3.63) is 23.4 Å². The molecule has 158 valence electrons. The van der Waals surface area contributed by atoms with Crippen molar-refractivity contribution in [3.8, 4) is 0 Å². The van der Waals surface area contributed by atoms with Crippen LogP contribution in [0.3, 0.4) is 0 Å². The standard InChI is InChI=1S/C22H32N4O3/c1-29-20(27)8-10-25-14-18(15-25)22(28)26-11-6-16(7-12-26)13-19-5-4-17-3-2-9-23-21(17)24-19/h4-5,16,18H,2-3,6-15H2,1H3,(H,23,24).